The summed E-state index contributed by atoms with van der Waals surface area (Å²) >= 11 is 1.27. The summed E-state index contributed by atoms with van der Waals surface area (Å²) in [4.78, 5) is 28.0. The highest BCUT2D eigenvalue weighted by molar-refractivity contribution is 7.15. The van der Waals surface area contributed by atoms with Crippen LogP contribution in [-0.2, 0) is 16.1 Å². The summed E-state index contributed by atoms with van der Waals surface area (Å²) in [5, 5.41) is 12.0. The molecule has 8 heteroatoms. The molecule has 1 aliphatic rings. The van der Waals surface area contributed by atoms with E-state index >= 15 is 0 Å². The second kappa shape index (κ2) is 8.10. The van der Waals surface area contributed by atoms with E-state index in [0.717, 1.165) is 5.56 Å². The largest absolute Gasteiger partial charge is 0.377 e. The maximum atomic E-state index is 13.4. The van der Waals surface area contributed by atoms with Crippen LogP contribution in [0.25, 0.3) is 0 Å². The number of hydrogen-bond donors (Lipinski definition) is 1. The fourth-order valence-electron chi connectivity index (χ4n) is 3.69. The lowest BCUT2D eigenvalue weighted by molar-refractivity contribution is -0.119. The first kappa shape index (κ1) is 19.2. The maximum Gasteiger partial charge on any atom is 0.254 e. The molecule has 0 saturated heterocycles. The number of fused-ring (bicyclic) bond motifs is 1. The van der Waals surface area contributed by atoms with Gasteiger partial charge in [-0.3, -0.25) is 14.9 Å². The Bertz CT molecular complexity index is 1040. The van der Waals surface area contributed by atoms with Crippen molar-refractivity contribution in [1.29, 1.82) is 0 Å². The van der Waals surface area contributed by atoms with E-state index in [2.05, 4.69) is 15.5 Å². The van der Waals surface area contributed by atoms with Crippen LogP contribution >= 0.6 is 11.3 Å². The predicted octanol–water partition coefficient (Wildman–Crippen LogP) is 3.23. The van der Waals surface area contributed by atoms with Crippen LogP contribution in [0.4, 0.5) is 5.13 Å². The summed E-state index contributed by atoms with van der Waals surface area (Å²) in [5.74, 6) is -0.909. The maximum absolute atomic E-state index is 13.4. The zero-order chi connectivity index (χ0) is 20.4. The van der Waals surface area contributed by atoms with Crippen LogP contribution in [0.3, 0.4) is 0 Å². The monoisotopic (exact) mass is 408 g/mol. The number of carbonyl (C=O) groups is 2. The summed E-state index contributed by atoms with van der Waals surface area (Å²) in [6.07, 6.45) is 0. The van der Waals surface area contributed by atoms with Gasteiger partial charge in [-0.2, -0.15) is 0 Å². The van der Waals surface area contributed by atoms with Crippen molar-refractivity contribution in [1.82, 2.24) is 15.1 Å². The van der Waals surface area contributed by atoms with E-state index in [0.29, 0.717) is 27.9 Å². The Labute approximate surface area is 172 Å². The van der Waals surface area contributed by atoms with Gasteiger partial charge >= 0.3 is 0 Å². The normalized spacial score (nSPS) is 18.4. The third kappa shape index (κ3) is 3.64. The Balaban J connectivity index is 1.74. The smallest absolute Gasteiger partial charge is 0.254 e. The van der Waals surface area contributed by atoms with E-state index in [9.17, 15) is 9.59 Å². The second-order valence-corrected chi connectivity index (χ2v) is 7.82. The molecule has 1 aliphatic heterocycles. The van der Waals surface area contributed by atoms with Gasteiger partial charge in [0.1, 0.15) is 11.6 Å². The van der Waals surface area contributed by atoms with Crippen molar-refractivity contribution in [3.63, 3.8) is 0 Å². The molecule has 2 aromatic carbocycles. The molecule has 4 rings (SSSR count). The fourth-order valence-corrected chi connectivity index (χ4v) is 4.41. The minimum Gasteiger partial charge on any atom is -0.377 e. The number of nitrogens with one attached hydrogen (secondary N) is 1. The molecule has 0 aliphatic carbocycles. The van der Waals surface area contributed by atoms with Crippen LogP contribution < -0.4 is 5.32 Å². The number of ether oxygens (including phenoxy) is 1. The van der Waals surface area contributed by atoms with Gasteiger partial charge in [0.05, 0.1) is 12.0 Å². The molecule has 0 unspecified atom stereocenters. The molecule has 148 valence electrons. The number of rotatable bonds is 5. The first-order chi connectivity index (χ1) is 14.1. The van der Waals surface area contributed by atoms with Crippen molar-refractivity contribution in [2.75, 3.05) is 19.5 Å². The molecular weight excluding hydrogens is 388 g/mol. The van der Waals surface area contributed by atoms with Crippen molar-refractivity contribution in [3.05, 3.63) is 76.3 Å². The Morgan fingerprint density at radius 3 is 2.62 bits per heavy atom. The minimum absolute atomic E-state index is 0.100. The lowest BCUT2D eigenvalue weighted by atomic mass is 9.79. The van der Waals surface area contributed by atoms with Crippen molar-refractivity contribution in [2.24, 2.45) is 0 Å². The van der Waals surface area contributed by atoms with Crippen molar-refractivity contribution >= 4 is 28.3 Å². The number of anilines is 1. The number of benzene rings is 2. The van der Waals surface area contributed by atoms with Gasteiger partial charge in [0.25, 0.3) is 5.91 Å². The van der Waals surface area contributed by atoms with Crippen LogP contribution in [0.2, 0.25) is 0 Å². The van der Waals surface area contributed by atoms with Crippen molar-refractivity contribution < 1.29 is 14.3 Å². The Morgan fingerprint density at radius 2 is 1.86 bits per heavy atom. The van der Waals surface area contributed by atoms with Crippen molar-refractivity contribution in [2.45, 2.75) is 18.6 Å². The Hall–Kier alpha value is -3.10. The molecule has 29 heavy (non-hydrogen) atoms. The third-order valence-electron chi connectivity index (χ3n) is 4.97. The summed E-state index contributed by atoms with van der Waals surface area (Å²) < 4.78 is 5.06. The van der Waals surface area contributed by atoms with Gasteiger partial charge in [0.2, 0.25) is 11.0 Å². The van der Waals surface area contributed by atoms with Gasteiger partial charge in [-0.1, -0.05) is 59.9 Å². The quantitative estimate of drug-likeness (QED) is 0.701. The van der Waals surface area contributed by atoms with Crippen LogP contribution in [0.5, 0.6) is 0 Å². The number of methoxy groups -OCH3 is 1. The predicted molar refractivity (Wildman–Crippen MR) is 110 cm³/mol. The summed E-state index contributed by atoms with van der Waals surface area (Å²) in [6.45, 7) is 0.337. The Morgan fingerprint density at radius 1 is 1.14 bits per heavy atom. The Kier molecular flexibility index (Phi) is 5.37. The molecule has 0 spiro atoms. The first-order valence-corrected chi connectivity index (χ1v) is 9.95. The van der Waals surface area contributed by atoms with Crippen LogP contribution in [0.15, 0.2) is 54.6 Å². The van der Waals surface area contributed by atoms with E-state index in [1.165, 1.54) is 11.3 Å². The first-order valence-electron chi connectivity index (χ1n) is 9.13. The van der Waals surface area contributed by atoms with Crippen LogP contribution in [0, 0.1) is 0 Å². The van der Waals surface area contributed by atoms with E-state index in [1.54, 1.807) is 25.1 Å². The van der Waals surface area contributed by atoms with Gasteiger partial charge < -0.3 is 9.64 Å². The standard InChI is InChI=1S/C21H20N4O3S/c1-25-18(13-8-4-3-5-9-13)17(14-10-6-7-11-15(14)20(25)27)19(26)22-21-24-23-16(29-21)12-28-2/h3-11,17-18H,12H2,1-2H3,(H,22,24,26)/t17-,18+/m1/s1. The zero-order valence-corrected chi connectivity index (χ0v) is 16.8. The number of carbonyl (C=O) groups excluding carboxylic acids is 2. The molecule has 1 aromatic heterocycles. The lowest BCUT2D eigenvalue weighted by Crippen LogP contribution is -2.44. The molecule has 2 atom stereocenters. The highest BCUT2D eigenvalue weighted by Gasteiger charge is 2.42. The van der Waals surface area contributed by atoms with Crippen LogP contribution in [0.1, 0.15) is 38.5 Å². The molecule has 3 aromatic rings. The molecule has 0 radical (unpaired) electrons. The SMILES string of the molecule is COCc1nnc(NC(=O)[C@@H]2c3ccccc3C(=O)N(C)[C@H]2c2ccccc2)s1. The topological polar surface area (TPSA) is 84.4 Å². The second-order valence-electron chi connectivity index (χ2n) is 6.76. The number of nitrogens with zero attached hydrogens (tertiary/aromatic N) is 3. The molecule has 0 fully saturated rings. The summed E-state index contributed by atoms with van der Waals surface area (Å²) in [6, 6.07) is 16.4. The minimum atomic E-state index is -0.578. The van der Waals surface area contributed by atoms with E-state index < -0.39 is 12.0 Å². The number of likely N-dealkylation sites (N-methyl/N-ethyl adjacent to an activating group) is 1. The molecule has 7 nitrogen and oxygen atoms in total. The average molecular weight is 408 g/mol. The highest BCUT2D eigenvalue weighted by atomic mass is 32.1. The fraction of sp³-hybridized carbons (Fsp3) is 0.238. The molecule has 2 amide bonds. The van der Waals surface area contributed by atoms with E-state index in [4.69, 9.17) is 4.74 Å². The van der Waals surface area contributed by atoms with E-state index in [-0.39, 0.29) is 11.8 Å². The van der Waals surface area contributed by atoms with Crippen LogP contribution in [-0.4, -0.2) is 41.1 Å². The van der Waals surface area contributed by atoms with E-state index in [1.807, 2.05) is 48.5 Å². The molecule has 0 bridgehead atoms. The van der Waals surface area contributed by atoms with Gasteiger partial charge in [-0.05, 0) is 17.2 Å². The van der Waals surface area contributed by atoms with Gasteiger partial charge in [-0.15, -0.1) is 10.2 Å². The van der Waals surface area contributed by atoms with Crippen molar-refractivity contribution in [3.8, 4) is 0 Å². The summed E-state index contributed by atoms with van der Waals surface area (Å²) in [7, 11) is 3.31. The summed E-state index contributed by atoms with van der Waals surface area (Å²) in [5.41, 5.74) is 2.15. The molecule has 2 heterocycles. The van der Waals surface area contributed by atoms with Gasteiger partial charge in [0.15, 0.2) is 0 Å². The number of aromatic nitrogens is 2. The number of hydrogen-bond acceptors (Lipinski definition) is 6. The molecule has 0 saturated carbocycles. The molecule has 1 N–H and O–H groups in total. The zero-order valence-electron chi connectivity index (χ0n) is 16.0. The van der Waals surface area contributed by atoms with Gasteiger partial charge in [-0.25, -0.2) is 0 Å². The number of amides is 2. The third-order valence-corrected chi connectivity index (χ3v) is 5.78. The lowest BCUT2D eigenvalue weighted by Gasteiger charge is -2.39. The average Bonchev–Trinajstić information content (AvgIpc) is 3.18. The highest BCUT2D eigenvalue weighted by Crippen LogP contribution is 2.42. The molecular formula is C21H20N4O3S. The van der Waals surface area contributed by atoms with Gasteiger partial charge in [0, 0.05) is 19.7 Å².